The van der Waals surface area contributed by atoms with Crippen molar-refractivity contribution in [3.8, 4) is 5.75 Å². The van der Waals surface area contributed by atoms with E-state index < -0.39 is 17.4 Å². The van der Waals surface area contributed by atoms with E-state index in [1.54, 1.807) is 43.4 Å². The Morgan fingerprint density at radius 1 is 1.03 bits per heavy atom. The second-order valence-electron chi connectivity index (χ2n) is 8.42. The van der Waals surface area contributed by atoms with Crippen LogP contribution in [0, 0.1) is 0 Å². The van der Waals surface area contributed by atoms with Gasteiger partial charge < -0.3 is 19.9 Å². The van der Waals surface area contributed by atoms with Crippen LogP contribution < -0.4 is 15.8 Å². The molecule has 0 spiro atoms. The summed E-state index contributed by atoms with van der Waals surface area (Å²) in [6, 6.07) is 21.6. The van der Waals surface area contributed by atoms with Gasteiger partial charge in [-0.25, -0.2) is 0 Å². The molecule has 1 atom stereocenters. The normalized spacial score (nSPS) is 11.9. The number of hydrogen-bond acceptors (Lipinski definition) is 5. The van der Waals surface area contributed by atoms with Crippen molar-refractivity contribution in [3.05, 3.63) is 99.3 Å². The van der Waals surface area contributed by atoms with Gasteiger partial charge in [0.2, 0.25) is 0 Å². The Bertz CT molecular complexity index is 1390. The van der Waals surface area contributed by atoms with Crippen LogP contribution in [-0.2, 0) is 7.05 Å². The highest BCUT2D eigenvalue weighted by Gasteiger charge is 2.25. The van der Waals surface area contributed by atoms with E-state index >= 15 is 0 Å². The summed E-state index contributed by atoms with van der Waals surface area (Å²) in [6.45, 7) is 0. The molecule has 7 heteroatoms. The van der Waals surface area contributed by atoms with Crippen LogP contribution in [0.25, 0.3) is 10.9 Å². The fourth-order valence-corrected chi connectivity index (χ4v) is 4.15. The predicted molar refractivity (Wildman–Crippen MR) is 138 cm³/mol. The SMILES string of the molecule is CN(C)c1ccc([C@@H](CC(=O)c2c(O)c3ccccc3n(C)c2=O)Nc2ccc(Cl)cc2)cc1. The number of pyridine rings is 1. The third kappa shape index (κ3) is 4.63. The molecule has 0 aliphatic carbocycles. The molecule has 0 bridgehead atoms. The van der Waals surface area contributed by atoms with E-state index in [1.165, 1.54) is 4.57 Å². The minimum atomic E-state index is -0.519. The highest BCUT2D eigenvalue weighted by molar-refractivity contribution is 6.30. The number of ketones is 1. The first kappa shape index (κ1) is 23.4. The molecular formula is C27H26ClN3O3. The van der Waals surface area contributed by atoms with Gasteiger partial charge in [-0.3, -0.25) is 9.59 Å². The number of Topliss-reactive ketones (excluding diaryl/α,β-unsaturated/α-hetero) is 1. The number of aromatic hydroxyl groups is 1. The number of aromatic nitrogens is 1. The average Bonchev–Trinajstić information content (AvgIpc) is 2.84. The Hall–Kier alpha value is -3.77. The Morgan fingerprint density at radius 3 is 2.32 bits per heavy atom. The van der Waals surface area contributed by atoms with Gasteiger partial charge in [0, 0.05) is 49.3 Å². The number of carbonyl (C=O) groups excluding carboxylic acids is 1. The minimum absolute atomic E-state index is 0.0227. The second kappa shape index (κ2) is 9.61. The molecule has 0 amide bonds. The Kier molecular flexibility index (Phi) is 6.61. The molecular weight excluding hydrogens is 450 g/mol. The van der Waals surface area contributed by atoms with Gasteiger partial charge in [0.1, 0.15) is 11.3 Å². The number of para-hydroxylation sites is 1. The molecule has 0 radical (unpaired) electrons. The molecule has 0 aliphatic rings. The Morgan fingerprint density at radius 2 is 1.68 bits per heavy atom. The van der Waals surface area contributed by atoms with E-state index in [9.17, 15) is 14.7 Å². The second-order valence-corrected chi connectivity index (χ2v) is 8.86. The molecule has 2 N–H and O–H groups in total. The van der Waals surface area contributed by atoms with E-state index in [0.29, 0.717) is 15.9 Å². The lowest BCUT2D eigenvalue weighted by molar-refractivity contribution is 0.0972. The predicted octanol–water partition coefficient (Wildman–Crippen LogP) is 5.39. The van der Waals surface area contributed by atoms with E-state index in [1.807, 2.05) is 55.4 Å². The molecule has 0 saturated heterocycles. The first-order valence-electron chi connectivity index (χ1n) is 10.9. The molecule has 1 aromatic heterocycles. The summed E-state index contributed by atoms with van der Waals surface area (Å²) in [5, 5.41) is 15.3. The van der Waals surface area contributed by atoms with Gasteiger partial charge >= 0.3 is 0 Å². The van der Waals surface area contributed by atoms with Crippen LogP contribution in [0.4, 0.5) is 11.4 Å². The average molecular weight is 476 g/mol. The van der Waals surface area contributed by atoms with E-state index in [2.05, 4.69) is 5.32 Å². The number of hydrogen-bond donors (Lipinski definition) is 2. The van der Waals surface area contributed by atoms with Crippen molar-refractivity contribution in [1.29, 1.82) is 0 Å². The third-order valence-electron chi connectivity index (χ3n) is 5.94. The standard InChI is InChI=1S/C27H26ClN3O3/c1-30(2)20-14-8-17(9-15-20)22(29-19-12-10-18(28)11-13-19)16-24(32)25-26(33)21-6-4-5-7-23(21)31(3)27(25)34/h4-15,22,29,33H,16H2,1-3H3/t22-/m1/s1. The van der Waals surface area contributed by atoms with E-state index in [-0.39, 0.29) is 17.7 Å². The van der Waals surface area contributed by atoms with Crippen molar-refractivity contribution in [3.63, 3.8) is 0 Å². The largest absolute Gasteiger partial charge is 0.506 e. The molecule has 34 heavy (non-hydrogen) atoms. The van der Waals surface area contributed by atoms with Gasteiger partial charge in [-0.05, 0) is 54.1 Å². The lowest BCUT2D eigenvalue weighted by atomic mass is 9.96. The topological polar surface area (TPSA) is 74.6 Å². The maximum absolute atomic E-state index is 13.4. The minimum Gasteiger partial charge on any atom is -0.506 e. The molecule has 0 unspecified atom stereocenters. The van der Waals surface area contributed by atoms with Crippen molar-refractivity contribution in [2.75, 3.05) is 24.3 Å². The lowest BCUT2D eigenvalue weighted by Gasteiger charge is -2.22. The summed E-state index contributed by atoms with van der Waals surface area (Å²) < 4.78 is 1.40. The monoisotopic (exact) mass is 475 g/mol. The van der Waals surface area contributed by atoms with Crippen molar-refractivity contribution in [2.24, 2.45) is 7.05 Å². The Labute approximate surface area is 203 Å². The number of carbonyl (C=O) groups is 1. The highest BCUT2D eigenvalue weighted by atomic mass is 35.5. The van der Waals surface area contributed by atoms with Gasteiger partial charge in [-0.1, -0.05) is 35.9 Å². The Balaban J connectivity index is 1.73. The van der Waals surface area contributed by atoms with Crippen LogP contribution in [0.1, 0.15) is 28.4 Å². The first-order chi connectivity index (χ1) is 16.3. The fourth-order valence-electron chi connectivity index (χ4n) is 4.02. The van der Waals surface area contributed by atoms with Gasteiger partial charge in [0.05, 0.1) is 11.6 Å². The third-order valence-corrected chi connectivity index (χ3v) is 6.19. The molecule has 4 aromatic rings. The van der Waals surface area contributed by atoms with Crippen LogP contribution in [0.5, 0.6) is 5.75 Å². The van der Waals surface area contributed by atoms with Gasteiger partial charge in [-0.2, -0.15) is 0 Å². The van der Waals surface area contributed by atoms with Crippen molar-refractivity contribution in [2.45, 2.75) is 12.5 Å². The number of nitrogens with zero attached hydrogens (tertiary/aromatic N) is 2. The van der Waals surface area contributed by atoms with Gasteiger partial charge in [0.15, 0.2) is 5.78 Å². The summed E-state index contributed by atoms with van der Waals surface area (Å²) in [5.74, 6) is -0.719. The number of benzene rings is 3. The molecule has 174 valence electrons. The number of fused-ring (bicyclic) bond motifs is 1. The zero-order valence-electron chi connectivity index (χ0n) is 19.2. The number of aryl methyl sites for hydroxylation is 1. The summed E-state index contributed by atoms with van der Waals surface area (Å²) in [7, 11) is 5.52. The zero-order chi connectivity index (χ0) is 24.4. The molecule has 4 rings (SSSR count). The van der Waals surface area contributed by atoms with E-state index in [0.717, 1.165) is 16.9 Å². The summed E-state index contributed by atoms with van der Waals surface area (Å²) in [4.78, 5) is 28.5. The lowest BCUT2D eigenvalue weighted by Crippen LogP contribution is -2.26. The molecule has 0 saturated carbocycles. The maximum atomic E-state index is 13.4. The summed E-state index contributed by atoms with van der Waals surface area (Å²) >= 11 is 6.02. The van der Waals surface area contributed by atoms with Crippen molar-refractivity contribution < 1.29 is 9.90 Å². The van der Waals surface area contributed by atoms with Crippen LogP contribution in [0.3, 0.4) is 0 Å². The number of nitrogens with one attached hydrogen (secondary N) is 1. The van der Waals surface area contributed by atoms with Crippen LogP contribution >= 0.6 is 11.6 Å². The highest BCUT2D eigenvalue weighted by Crippen LogP contribution is 2.30. The van der Waals surface area contributed by atoms with Crippen molar-refractivity contribution >= 4 is 39.7 Å². The zero-order valence-corrected chi connectivity index (χ0v) is 20.0. The first-order valence-corrected chi connectivity index (χ1v) is 11.3. The fraction of sp³-hybridized carbons (Fsp3) is 0.185. The number of anilines is 2. The van der Waals surface area contributed by atoms with Gasteiger partial charge in [0.25, 0.3) is 5.56 Å². The molecule has 1 heterocycles. The van der Waals surface area contributed by atoms with E-state index in [4.69, 9.17) is 11.6 Å². The summed E-state index contributed by atoms with van der Waals surface area (Å²) in [5.41, 5.74) is 2.54. The smallest absolute Gasteiger partial charge is 0.265 e. The number of rotatable bonds is 7. The van der Waals surface area contributed by atoms with Crippen LogP contribution in [0.15, 0.2) is 77.6 Å². The van der Waals surface area contributed by atoms with Gasteiger partial charge in [-0.15, -0.1) is 0 Å². The summed E-state index contributed by atoms with van der Waals surface area (Å²) in [6.07, 6.45) is -0.0227. The molecule has 6 nitrogen and oxygen atoms in total. The molecule has 0 aliphatic heterocycles. The van der Waals surface area contributed by atoms with Crippen LogP contribution in [-0.4, -0.2) is 29.6 Å². The maximum Gasteiger partial charge on any atom is 0.265 e. The molecule has 0 fully saturated rings. The quantitative estimate of drug-likeness (QED) is 0.350. The van der Waals surface area contributed by atoms with Crippen molar-refractivity contribution in [1.82, 2.24) is 4.57 Å². The molecule has 3 aromatic carbocycles. The van der Waals surface area contributed by atoms with Crippen LogP contribution in [0.2, 0.25) is 5.02 Å². The number of halogens is 1.